The Bertz CT molecular complexity index is 827. The second-order valence-corrected chi connectivity index (χ2v) is 8.41. The number of hydrogen-bond acceptors (Lipinski definition) is 4. The molecule has 0 spiro atoms. The molecule has 0 saturated carbocycles. The van der Waals surface area contributed by atoms with Gasteiger partial charge in [-0.3, -0.25) is 4.79 Å². The molecule has 0 aliphatic rings. The minimum atomic E-state index is -3.58. The van der Waals surface area contributed by atoms with E-state index in [9.17, 15) is 13.2 Å². The number of amides is 1. The van der Waals surface area contributed by atoms with Gasteiger partial charge in [-0.25, -0.2) is 12.7 Å². The van der Waals surface area contributed by atoms with Crippen LogP contribution in [0.2, 0.25) is 0 Å². The van der Waals surface area contributed by atoms with Gasteiger partial charge in [-0.15, -0.1) is 0 Å². The molecule has 1 aromatic heterocycles. The molecule has 1 N–H and O–H groups in total. The van der Waals surface area contributed by atoms with E-state index in [1.165, 1.54) is 26.2 Å². The molecule has 0 fully saturated rings. The zero-order valence-corrected chi connectivity index (χ0v) is 15.8. The van der Waals surface area contributed by atoms with Crippen molar-refractivity contribution in [3.8, 4) is 0 Å². The predicted octanol–water partition coefficient (Wildman–Crippen LogP) is 2.59. The first-order valence-corrected chi connectivity index (χ1v) is 9.52. The van der Waals surface area contributed by atoms with E-state index < -0.39 is 10.0 Å². The minimum absolute atomic E-state index is 0.0638. The maximum absolute atomic E-state index is 12.5. The molecule has 1 atom stereocenters. The van der Waals surface area contributed by atoms with Crippen LogP contribution in [-0.4, -0.2) is 38.8 Å². The molecule has 7 heteroatoms. The molecule has 1 heterocycles. The first kappa shape index (κ1) is 19.2. The van der Waals surface area contributed by atoms with Crippen molar-refractivity contribution in [2.24, 2.45) is 0 Å². The van der Waals surface area contributed by atoms with Crippen LogP contribution in [-0.2, 0) is 16.4 Å². The first-order chi connectivity index (χ1) is 11.7. The number of rotatable bonds is 7. The summed E-state index contributed by atoms with van der Waals surface area (Å²) in [6.45, 7) is 3.70. The number of aryl methyl sites for hydroxylation is 2. The van der Waals surface area contributed by atoms with Gasteiger partial charge < -0.3 is 9.73 Å². The molecule has 6 nitrogen and oxygen atoms in total. The van der Waals surface area contributed by atoms with E-state index in [1.807, 2.05) is 19.1 Å². The van der Waals surface area contributed by atoms with E-state index in [0.717, 1.165) is 28.5 Å². The van der Waals surface area contributed by atoms with Gasteiger partial charge >= 0.3 is 0 Å². The van der Waals surface area contributed by atoms with Crippen LogP contribution in [0.25, 0.3) is 0 Å². The fraction of sp³-hybridized carbons (Fsp3) is 0.389. The van der Waals surface area contributed by atoms with Gasteiger partial charge in [-0.1, -0.05) is 6.07 Å². The van der Waals surface area contributed by atoms with Crippen molar-refractivity contribution in [2.75, 3.05) is 14.1 Å². The Kier molecular flexibility index (Phi) is 6.02. The van der Waals surface area contributed by atoms with Crippen LogP contribution in [0, 0.1) is 6.92 Å². The summed E-state index contributed by atoms with van der Waals surface area (Å²) in [7, 11) is -0.649. The van der Waals surface area contributed by atoms with Gasteiger partial charge in [0.2, 0.25) is 10.0 Å². The molecule has 1 aromatic carbocycles. The molecule has 136 valence electrons. The summed E-state index contributed by atoms with van der Waals surface area (Å²) >= 11 is 0. The topological polar surface area (TPSA) is 79.6 Å². The molecule has 25 heavy (non-hydrogen) atoms. The average Bonchev–Trinajstić information content (AvgIpc) is 3.06. The van der Waals surface area contributed by atoms with E-state index in [-0.39, 0.29) is 16.8 Å². The smallest absolute Gasteiger partial charge is 0.251 e. The number of sulfonamides is 1. The number of nitrogens with zero attached hydrogens (tertiary/aromatic N) is 1. The maximum Gasteiger partial charge on any atom is 0.251 e. The molecule has 0 bridgehead atoms. The number of furan rings is 1. The van der Waals surface area contributed by atoms with Gasteiger partial charge in [0.15, 0.2) is 0 Å². The highest BCUT2D eigenvalue weighted by Crippen LogP contribution is 2.18. The van der Waals surface area contributed by atoms with Crippen LogP contribution in [0.15, 0.2) is 45.9 Å². The summed E-state index contributed by atoms with van der Waals surface area (Å²) in [5.41, 5.74) is 1.10. The van der Waals surface area contributed by atoms with Crippen molar-refractivity contribution in [1.29, 1.82) is 0 Å². The number of benzene rings is 1. The molecule has 0 saturated heterocycles. The number of carbonyl (C=O) groups excluding carboxylic acids is 1. The Labute approximate surface area is 148 Å². The van der Waals surface area contributed by atoms with Crippen molar-refractivity contribution in [1.82, 2.24) is 9.62 Å². The molecular weight excluding hydrogens is 340 g/mol. The average molecular weight is 364 g/mol. The van der Waals surface area contributed by atoms with E-state index in [0.29, 0.717) is 5.56 Å². The predicted molar refractivity (Wildman–Crippen MR) is 96.0 cm³/mol. The van der Waals surface area contributed by atoms with Gasteiger partial charge in [0.25, 0.3) is 5.91 Å². The van der Waals surface area contributed by atoms with Crippen molar-refractivity contribution in [2.45, 2.75) is 37.6 Å². The summed E-state index contributed by atoms with van der Waals surface area (Å²) in [4.78, 5) is 12.7. The second-order valence-electron chi connectivity index (χ2n) is 6.26. The lowest BCUT2D eigenvalue weighted by atomic mass is 10.1. The Morgan fingerprint density at radius 3 is 2.60 bits per heavy atom. The fourth-order valence-electron chi connectivity index (χ4n) is 2.40. The van der Waals surface area contributed by atoms with E-state index in [2.05, 4.69) is 5.32 Å². The van der Waals surface area contributed by atoms with Crippen LogP contribution in [0.4, 0.5) is 0 Å². The molecule has 0 unspecified atom stereocenters. The third-order valence-corrected chi connectivity index (χ3v) is 5.82. The Morgan fingerprint density at radius 2 is 2.00 bits per heavy atom. The van der Waals surface area contributed by atoms with E-state index in [1.54, 1.807) is 19.3 Å². The van der Waals surface area contributed by atoms with Crippen molar-refractivity contribution < 1.29 is 17.6 Å². The normalized spacial score (nSPS) is 13.0. The summed E-state index contributed by atoms with van der Waals surface area (Å²) in [6.07, 6.45) is 3.08. The minimum Gasteiger partial charge on any atom is -0.469 e. The standard InChI is InChI=1S/C18H24N2O4S/c1-13-7-10-16(25(22,23)20(3)4)12-17(13)18(21)19-14(2)8-9-15-6-5-11-24-15/h5-7,10-12,14H,8-9H2,1-4H3,(H,19,21)/t14-/m0/s1. The highest BCUT2D eigenvalue weighted by Gasteiger charge is 2.20. The zero-order valence-electron chi connectivity index (χ0n) is 14.9. The molecule has 0 aliphatic carbocycles. The highest BCUT2D eigenvalue weighted by molar-refractivity contribution is 7.89. The SMILES string of the molecule is Cc1ccc(S(=O)(=O)N(C)C)cc1C(=O)N[C@@H](C)CCc1ccco1. The largest absolute Gasteiger partial charge is 0.469 e. The maximum atomic E-state index is 12.5. The molecule has 2 aromatic rings. The van der Waals surface area contributed by atoms with Gasteiger partial charge in [-0.2, -0.15) is 0 Å². The Hall–Kier alpha value is -2.12. The third-order valence-electron chi connectivity index (χ3n) is 4.01. The van der Waals surface area contributed by atoms with Gasteiger partial charge in [-0.05, 0) is 50.1 Å². The summed E-state index contributed by atoms with van der Waals surface area (Å²) < 4.78 is 30.9. The summed E-state index contributed by atoms with van der Waals surface area (Å²) in [5.74, 6) is 0.594. The zero-order chi connectivity index (χ0) is 18.6. The van der Waals surface area contributed by atoms with E-state index in [4.69, 9.17) is 4.42 Å². The molecular formula is C18H24N2O4S. The lowest BCUT2D eigenvalue weighted by Gasteiger charge is -2.16. The highest BCUT2D eigenvalue weighted by atomic mass is 32.2. The van der Waals surface area contributed by atoms with Crippen LogP contribution >= 0.6 is 0 Å². The molecule has 0 aliphatic heterocycles. The van der Waals surface area contributed by atoms with Gasteiger partial charge in [0.1, 0.15) is 5.76 Å². The Morgan fingerprint density at radius 1 is 1.28 bits per heavy atom. The lowest BCUT2D eigenvalue weighted by molar-refractivity contribution is 0.0937. The van der Waals surface area contributed by atoms with Crippen LogP contribution in [0.5, 0.6) is 0 Å². The number of nitrogens with one attached hydrogen (secondary N) is 1. The van der Waals surface area contributed by atoms with Crippen LogP contribution < -0.4 is 5.32 Å². The fourth-order valence-corrected chi connectivity index (χ4v) is 3.33. The monoisotopic (exact) mass is 364 g/mol. The molecule has 2 rings (SSSR count). The quantitative estimate of drug-likeness (QED) is 0.819. The Balaban J connectivity index is 2.10. The third kappa shape index (κ3) is 4.70. The summed E-state index contributed by atoms with van der Waals surface area (Å²) in [6, 6.07) is 8.26. The second kappa shape index (κ2) is 7.84. The van der Waals surface area contributed by atoms with Crippen molar-refractivity contribution in [3.63, 3.8) is 0 Å². The molecule has 1 amide bonds. The van der Waals surface area contributed by atoms with Gasteiger partial charge in [0, 0.05) is 32.1 Å². The number of carbonyl (C=O) groups is 1. The van der Waals surface area contributed by atoms with E-state index >= 15 is 0 Å². The molecule has 0 radical (unpaired) electrons. The summed E-state index contributed by atoms with van der Waals surface area (Å²) in [5, 5.41) is 2.92. The first-order valence-electron chi connectivity index (χ1n) is 8.08. The van der Waals surface area contributed by atoms with Crippen LogP contribution in [0.1, 0.15) is 35.0 Å². The van der Waals surface area contributed by atoms with Gasteiger partial charge in [0.05, 0.1) is 11.2 Å². The van der Waals surface area contributed by atoms with Crippen LogP contribution in [0.3, 0.4) is 0 Å². The van der Waals surface area contributed by atoms with Crippen molar-refractivity contribution >= 4 is 15.9 Å². The van der Waals surface area contributed by atoms with Crippen molar-refractivity contribution in [3.05, 3.63) is 53.5 Å². The lowest BCUT2D eigenvalue weighted by Crippen LogP contribution is -2.33. The number of hydrogen-bond donors (Lipinski definition) is 1.